The van der Waals surface area contributed by atoms with E-state index in [4.69, 9.17) is 32.9 Å². The van der Waals surface area contributed by atoms with Crippen LogP contribution in [-0.4, -0.2) is 140 Å². The Bertz CT molecular complexity index is 1750. The van der Waals surface area contributed by atoms with Gasteiger partial charge in [-0.2, -0.15) is 0 Å². The summed E-state index contributed by atoms with van der Waals surface area (Å²) < 4.78 is 49.4. The smallest absolute Gasteiger partial charge is 0.407 e. The number of allylic oxidation sites excluding steroid dienone is 1. The number of methoxy groups -OCH3 is 1. The maximum atomic E-state index is 12.9. The molecule has 0 bridgehead atoms. The van der Waals surface area contributed by atoms with Crippen molar-refractivity contribution in [1.82, 2.24) is 21.3 Å². The fourth-order valence-electron chi connectivity index (χ4n) is 12.9. The number of nitrogens with one attached hydrogen (secondary N) is 4. The van der Waals surface area contributed by atoms with Crippen molar-refractivity contribution in [2.24, 2.45) is 46.3 Å². The van der Waals surface area contributed by atoms with Crippen LogP contribution in [0.3, 0.4) is 0 Å². The van der Waals surface area contributed by atoms with E-state index in [0.717, 1.165) is 74.3 Å². The van der Waals surface area contributed by atoms with Gasteiger partial charge in [-0.15, -0.1) is 0 Å². The van der Waals surface area contributed by atoms with E-state index in [9.17, 15) is 28.6 Å². The van der Waals surface area contributed by atoms with E-state index in [1.54, 1.807) is 12.7 Å². The number of hydrogen-bond acceptors (Lipinski definition) is 12. The van der Waals surface area contributed by atoms with Crippen LogP contribution < -0.4 is 21.3 Å². The lowest BCUT2D eigenvalue weighted by Gasteiger charge is -2.58. The molecule has 4 amide bonds. The molecule has 17 nitrogen and oxygen atoms in total. The number of carbonyl (C=O) groups is 4. The zero-order valence-corrected chi connectivity index (χ0v) is 48.4. The third-order valence-corrected chi connectivity index (χ3v) is 17.6. The van der Waals surface area contributed by atoms with Gasteiger partial charge >= 0.3 is 13.7 Å². The standard InChI is InChI=1S/C57H103N4O13P/c1-43(2)17-15-18-44(3)48-23-24-49-47-22-21-45-41-46(25-27-56(45,4)50(47)26-28-57(48,49)5)74-55(65)60-31-16-33-69-35-36-70-37-38-71-39-40-72-42-53(63)58-29-11-10-19-51(61-52(62)20-9-8-13-32-68-6)54(64)59-30-12-14-34-73-75(7,66)67/h21,43-44,46-51H,8-20,22-42H2,1-7H3,(H,58,63)(H,59,64)(H,60,65)(H,61,62)(H,66,67)/t44-,46+,47+,48-,49+,50+,51?,56+,57-/m1/s1. The van der Waals surface area contributed by atoms with Gasteiger partial charge in [0.1, 0.15) is 18.8 Å². The maximum absolute atomic E-state index is 12.9. The lowest BCUT2D eigenvalue weighted by Crippen LogP contribution is -2.51. The molecule has 0 heterocycles. The van der Waals surface area contributed by atoms with E-state index in [0.29, 0.717) is 123 Å². The van der Waals surface area contributed by atoms with Gasteiger partial charge < -0.3 is 59.1 Å². The number of carbonyl (C=O) groups excluding carboxylic acids is 4. The largest absolute Gasteiger partial charge is 0.446 e. The molecule has 5 N–H and O–H groups in total. The Hall–Kier alpha value is -2.63. The average Bonchev–Trinajstić information content (AvgIpc) is 3.73. The zero-order chi connectivity index (χ0) is 54.5. The van der Waals surface area contributed by atoms with E-state index in [-0.39, 0.29) is 55.2 Å². The van der Waals surface area contributed by atoms with Crippen LogP contribution in [0.1, 0.15) is 169 Å². The lowest BCUT2D eigenvalue weighted by atomic mass is 9.47. The molecule has 3 fully saturated rings. The second-order valence-electron chi connectivity index (χ2n) is 23.1. The summed E-state index contributed by atoms with van der Waals surface area (Å²) >= 11 is 0. The summed E-state index contributed by atoms with van der Waals surface area (Å²) in [6.07, 6.45) is 22.0. The van der Waals surface area contributed by atoms with Gasteiger partial charge in [0.2, 0.25) is 17.7 Å². The summed E-state index contributed by atoms with van der Waals surface area (Å²) in [5, 5.41) is 11.4. The predicted molar refractivity (Wildman–Crippen MR) is 292 cm³/mol. The molecule has 0 aromatic rings. The van der Waals surface area contributed by atoms with Crippen LogP contribution in [-0.2, 0) is 51.9 Å². The first kappa shape index (κ1) is 64.9. The molecular weight excluding hydrogens is 980 g/mol. The topological polar surface area (TPSA) is 218 Å². The molecule has 3 saturated carbocycles. The Morgan fingerprint density at radius 1 is 0.693 bits per heavy atom. The molecule has 0 saturated heterocycles. The Labute approximate surface area is 451 Å². The summed E-state index contributed by atoms with van der Waals surface area (Å²) in [5.41, 5.74) is 2.26. The molecule has 4 aliphatic carbocycles. The van der Waals surface area contributed by atoms with Crippen molar-refractivity contribution in [3.63, 3.8) is 0 Å². The Kier molecular flexibility index (Phi) is 30.4. The molecule has 18 heteroatoms. The minimum Gasteiger partial charge on any atom is -0.446 e. The summed E-state index contributed by atoms with van der Waals surface area (Å²) in [6, 6.07) is -0.711. The van der Waals surface area contributed by atoms with Crippen molar-refractivity contribution in [2.75, 3.05) is 99.5 Å². The van der Waals surface area contributed by atoms with E-state index >= 15 is 0 Å². The Balaban J connectivity index is 0.954. The molecule has 2 unspecified atom stereocenters. The first-order valence-corrected chi connectivity index (χ1v) is 31.2. The minimum atomic E-state index is -3.53. The van der Waals surface area contributed by atoms with Crippen LogP contribution in [0.15, 0.2) is 11.6 Å². The number of unbranched alkanes of at least 4 members (excludes halogenated alkanes) is 4. The normalized spacial score (nSPS) is 25.7. The Morgan fingerprint density at radius 2 is 1.37 bits per heavy atom. The quantitative estimate of drug-likeness (QED) is 0.0220. The van der Waals surface area contributed by atoms with Gasteiger partial charge in [-0.05, 0) is 143 Å². The van der Waals surface area contributed by atoms with Crippen molar-refractivity contribution in [2.45, 2.75) is 182 Å². The van der Waals surface area contributed by atoms with E-state index < -0.39 is 13.6 Å². The fourth-order valence-corrected chi connectivity index (χ4v) is 13.4. The number of rotatable bonds is 40. The molecule has 0 radical (unpaired) electrons. The molecule has 4 rings (SSSR count). The first-order valence-electron chi connectivity index (χ1n) is 29.2. The van der Waals surface area contributed by atoms with Crippen LogP contribution in [0.25, 0.3) is 0 Å². The first-order chi connectivity index (χ1) is 36.0. The Morgan fingerprint density at radius 3 is 2.09 bits per heavy atom. The average molecular weight is 1080 g/mol. The SMILES string of the molecule is COCCCCCC(=O)NC(CCCCNC(=O)COCCOCCOCCOCCCNC(=O)O[C@H]1CC[C@@]2(C)C(=CC[C@H]3[C@@H]4CC[C@H]([C@H](C)CCCC(C)C)[C@@]4(C)CC[C@@H]32)C1)C(=O)NCCCCOP(C)(=O)O. The van der Waals surface area contributed by atoms with Gasteiger partial charge in [-0.1, -0.05) is 72.0 Å². The van der Waals surface area contributed by atoms with Crippen molar-refractivity contribution in [3.8, 4) is 0 Å². The minimum absolute atomic E-state index is 0.0625. The van der Waals surface area contributed by atoms with Crippen LogP contribution in [0.4, 0.5) is 4.79 Å². The molecule has 4 aliphatic rings. The monoisotopic (exact) mass is 1080 g/mol. The predicted octanol–water partition coefficient (Wildman–Crippen LogP) is 9.29. The molecule has 0 aromatic heterocycles. The number of amides is 4. The number of hydrogen-bond donors (Lipinski definition) is 5. The third kappa shape index (κ3) is 23.7. The molecular formula is C57H103N4O13P. The second kappa shape index (κ2) is 35.1. The van der Waals surface area contributed by atoms with Gasteiger partial charge in [0.05, 0.1) is 46.2 Å². The number of alkyl carbamates (subject to hydrolysis) is 1. The molecule has 0 spiro atoms. The van der Waals surface area contributed by atoms with E-state index in [2.05, 4.69) is 62.0 Å². The number of fused-ring (bicyclic) bond motifs is 5. The zero-order valence-electron chi connectivity index (χ0n) is 47.5. The van der Waals surface area contributed by atoms with Gasteiger partial charge in [0.15, 0.2) is 0 Å². The highest BCUT2D eigenvalue weighted by atomic mass is 31.2. The highest BCUT2D eigenvalue weighted by Gasteiger charge is 2.59. The van der Waals surface area contributed by atoms with Gasteiger partial charge in [0, 0.05) is 59.5 Å². The van der Waals surface area contributed by atoms with Gasteiger partial charge in [-0.3, -0.25) is 18.9 Å². The van der Waals surface area contributed by atoms with E-state index in [1.165, 1.54) is 51.4 Å². The van der Waals surface area contributed by atoms with Gasteiger partial charge in [-0.25, -0.2) is 4.79 Å². The summed E-state index contributed by atoms with van der Waals surface area (Å²) in [7, 11) is -1.89. The van der Waals surface area contributed by atoms with Crippen molar-refractivity contribution < 1.29 is 61.6 Å². The van der Waals surface area contributed by atoms with Crippen LogP contribution >= 0.6 is 7.60 Å². The molecule has 0 aliphatic heterocycles. The molecule has 10 atom stereocenters. The number of ether oxygens (including phenoxy) is 6. The summed E-state index contributed by atoms with van der Waals surface area (Å²) in [6.45, 7) is 18.2. The van der Waals surface area contributed by atoms with Crippen LogP contribution in [0, 0.1) is 46.3 Å². The summed E-state index contributed by atoms with van der Waals surface area (Å²) in [4.78, 5) is 59.9. The second-order valence-corrected chi connectivity index (χ2v) is 25.0. The van der Waals surface area contributed by atoms with Crippen LogP contribution in [0.5, 0.6) is 0 Å². The van der Waals surface area contributed by atoms with E-state index in [1.807, 2.05) is 0 Å². The third-order valence-electron chi connectivity index (χ3n) is 17.0. The van der Waals surface area contributed by atoms with Crippen molar-refractivity contribution in [1.29, 1.82) is 0 Å². The fraction of sp³-hybridized carbons (Fsp3) is 0.895. The molecule has 75 heavy (non-hydrogen) atoms. The highest BCUT2D eigenvalue weighted by molar-refractivity contribution is 7.51. The highest BCUT2D eigenvalue weighted by Crippen LogP contribution is 2.67. The van der Waals surface area contributed by atoms with Crippen molar-refractivity contribution in [3.05, 3.63) is 11.6 Å². The summed E-state index contributed by atoms with van der Waals surface area (Å²) in [5.74, 6) is 4.16. The van der Waals surface area contributed by atoms with Crippen LogP contribution in [0.2, 0.25) is 0 Å². The molecule has 434 valence electrons. The lowest BCUT2D eigenvalue weighted by molar-refractivity contribution is -0.129. The van der Waals surface area contributed by atoms with Gasteiger partial charge in [0.25, 0.3) is 0 Å². The van der Waals surface area contributed by atoms with Crippen molar-refractivity contribution >= 4 is 31.4 Å². The molecule has 0 aromatic carbocycles. The maximum Gasteiger partial charge on any atom is 0.407 e.